The average Bonchev–Trinajstić information content (AvgIpc) is 3.01. The zero-order valence-electron chi connectivity index (χ0n) is 17.4. The molecule has 2 heterocycles. The van der Waals surface area contributed by atoms with Gasteiger partial charge in [-0.05, 0) is 31.5 Å². The molecule has 1 aliphatic rings. The number of piperazine rings is 1. The highest BCUT2D eigenvalue weighted by atomic mass is 16.6. The minimum Gasteiger partial charge on any atom is -0.358 e. The maximum Gasteiger partial charge on any atom is 0.312 e. The van der Waals surface area contributed by atoms with Gasteiger partial charge in [0.1, 0.15) is 11.4 Å². The molecular weight excluding hydrogens is 388 g/mol. The molecule has 3 rings (SSSR count). The molecule has 1 N–H and O–H groups in total. The minimum absolute atomic E-state index is 0.0293. The predicted molar refractivity (Wildman–Crippen MR) is 110 cm³/mol. The second-order valence-corrected chi connectivity index (χ2v) is 7.37. The van der Waals surface area contributed by atoms with E-state index in [-0.39, 0.29) is 17.5 Å². The molecule has 0 atom stereocenters. The van der Waals surface area contributed by atoms with Gasteiger partial charge in [0.25, 0.3) is 5.91 Å². The second kappa shape index (κ2) is 9.04. The van der Waals surface area contributed by atoms with Crippen molar-refractivity contribution in [2.45, 2.75) is 20.4 Å². The van der Waals surface area contributed by atoms with Crippen molar-refractivity contribution in [3.63, 3.8) is 0 Å². The van der Waals surface area contributed by atoms with E-state index in [0.717, 1.165) is 5.56 Å². The first-order valence-corrected chi connectivity index (χ1v) is 9.79. The molecule has 10 heteroatoms. The number of nitrogens with zero attached hydrogens (tertiary/aromatic N) is 5. The Morgan fingerprint density at radius 1 is 1.13 bits per heavy atom. The Balaban J connectivity index is 1.61. The summed E-state index contributed by atoms with van der Waals surface area (Å²) in [5.41, 5.74) is 2.43. The summed E-state index contributed by atoms with van der Waals surface area (Å²) in [7, 11) is 1.61. The Kier molecular flexibility index (Phi) is 6.46. The van der Waals surface area contributed by atoms with Crippen LogP contribution < -0.4 is 5.32 Å². The van der Waals surface area contributed by atoms with Crippen molar-refractivity contribution in [2.24, 2.45) is 0 Å². The van der Waals surface area contributed by atoms with Crippen molar-refractivity contribution in [3.05, 3.63) is 56.9 Å². The van der Waals surface area contributed by atoms with Crippen LogP contribution in [0.5, 0.6) is 0 Å². The van der Waals surface area contributed by atoms with Gasteiger partial charge in [-0.2, -0.15) is 5.10 Å². The van der Waals surface area contributed by atoms with Crippen molar-refractivity contribution in [2.75, 3.05) is 39.8 Å². The van der Waals surface area contributed by atoms with Crippen molar-refractivity contribution in [3.8, 4) is 0 Å². The van der Waals surface area contributed by atoms with Crippen LogP contribution in [0.4, 0.5) is 5.69 Å². The number of carbonyl (C=O) groups excluding carboxylic acids is 2. The van der Waals surface area contributed by atoms with Crippen LogP contribution in [0.25, 0.3) is 0 Å². The number of benzene rings is 1. The van der Waals surface area contributed by atoms with Crippen molar-refractivity contribution < 1.29 is 14.5 Å². The topological polar surface area (TPSA) is 114 Å². The molecule has 0 radical (unpaired) electrons. The van der Waals surface area contributed by atoms with Gasteiger partial charge < -0.3 is 10.2 Å². The molecule has 30 heavy (non-hydrogen) atoms. The number of nitro groups is 1. The summed E-state index contributed by atoms with van der Waals surface area (Å²) in [4.78, 5) is 38.8. The molecule has 1 aliphatic heterocycles. The van der Waals surface area contributed by atoms with E-state index >= 15 is 0 Å². The molecular formula is C20H26N6O4. The Morgan fingerprint density at radius 3 is 2.30 bits per heavy atom. The average molecular weight is 414 g/mol. The van der Waals surface area contributed by atoms with Crippen LogP contribution in [0, 0.1) is 24.0 Å². The van der Waals surface area contributed by atoms with Gasteiger partial charge in [0.05, 0.1) is 18.0 Å². The number of hydrogen-bond acceptors (Lipinski definition) is 6. The smallest absolute Gasteiger partial charge is 0.312 e. The van der Waals surface area contributed by atoms with Crippen LogP contribution in [0.3, 0.4) is 0 Å². The fraction of sp³-hybridized carbons (Fsp3) is 0.450. The normalized spacial score (nSPS) is 14.6. The van der Waals surface area contributed by atoms with E-state index in [1.54, 1.807) is 42.6 Å². The van der Waals surface area contributed by atoms with Crippen LogP contribution in [0.15, 0.2) is 24.3 Å². The lowest BCUT2D eigenvalue weighted by Crippen LogP contribution is -2.50. The summed E-state index contributed by atoms with van der Waals surface area (Å²) >= 11 is 0. The van der Waals surface area contributed by atoms with Crippen LogP contribution in [-0.2, 0) is 11.3 Å². The molecule has 0 saturated carbocycles. The van der Waals surface area contributed by atoms with Crippen LogP contribution in [0.1, 0.15) is 27.3 Å². The summed E-state index contributed by atoms with van der Waals surface area (Å²) < 4.78 is 1.61. The lowest BCUT2D eigenvalue weighted by molar-refractivity contribution is -0.386. The largest absolute Gasteiger partial charge is 0.358 e. The fourth-order valence-electron chi connectivity index (χ4n) is 3.61. The van der Waals surface area contributed by atoms with Gasteiger partial charge in [0.2, 0.25) is 5.91 Å². The number of likely N-dealkylation sites (N-methyl/N-ethyl adjacent to an activating group) is 1. The molecule has 1 fully saturated rings. The number of nitrogens with one attached hydrogen (secondary N) is 1. The van der Waals surface area contributed by atoms with E-state index < -0.39 is 4.92 Å². The third-order valence-electron chi connectivity index (χ3n) is 5.36. The molecule has 0 unspecified atom stereocenters. The monoisotopic (exact) mass is 414 g/mol. The Labute approximate surface area is 174 Å². The van der Waals surface area contributed by atoms with Gasteiger partial charge in [-0.25, -0.2) is 0 Å². The number of hydrogen-bond donors (Lipinski definition) is 1. The molecule has 2 aromatic rings. The highest BCUT2D eigenvalue weighted by molar-refractivity contribution is 5.94. The van der Waals surface area contributed by atoms with Crippen LogP contribution in [-0.4, -0.2) is 76.1 Å². The molecule has 0 spiro atoms. The number of aromatic nitrogens is 2. The molecule has 10 nitrogen and oxygen atoms in total. The van der Waals surface area contributed by atoms with Crippen molar-refractivity contribution in [1.82, 2.24) is 24.9 Å². The lowest BCUT2D eigenvalue weighted by Gasteiger charge is -2.34. The van der Waals surface area contributed by atoms with Crippen molar-refractivity contribution in [1.29, 1.82) is 0 Å². The number of aryl methyl sites for hydroxylation is 1. The summed E-state index contributed by atoms with van der Waals surface area (Å²) in [6.45, 7) is 6.52. The van der Waals surface area contributed by atoms with Gasteiger partial charge in [0.15, 0.2) is 0 Å². The minimum atomic E-state index is -0.412. The van der Waals surface area contributed by atoms with Crippen LogP contribution >= 0.6 is 0 Å². The van der Waals surface area contributed by atoms with Gasteiger partial charge in [-0.3, -0.25) is 29.3 Å². The molecule has 1 aromatic carbocycles. The second-order valence-electron chi connectivity index (χ2n) is 7.37. The molecule has 1 saturated heterocycles. The summed E-state index contributed by atoms with van der Waals surface area (Å²) in [5.74, 6) is -0.0683. The summed E-state index contributed by atoms with van der Waals surface area (Å²) in [5, 5.41) is 18.0. The molecule has 0 aliphatic carbocycles. The fourth-order valence-corrected chi connectivity index (χ4v) is 3.61. The summed E-state index contributed by atoms with van der Waals surface area (Å²) in [6.07, 6.45) is 0. The van der Waals surface area contributed by atoms with E-state index in [1.807, 2.05) is 17.0 Å². The van der Waals surface area contributed by atoms with E-state index in [4.69, 9.17) is 0 Å². The molecule has 1 aromatic heterocycles. The zero-order valence-corrected chi connectivity index (χ0v) is 17.4. The van der Waals surface area contributed by atoms with E-state index in [9.17, 15) is 19.7 Å². The van der Waals surface area contributed by atoms with Crippen molar-refractivity contribution >= 4 is 17.5 Å². The van der Waals surface area contributed by atoms with Crippen LogP contribution in [0.2, 0.25) is 0 Å². The molecule has 0 bridgehead atoms. The highest BCUT2D eigenvalue weighted by Crippen LogP contribution is 2.22. The third-order valence-corrected chi connectivity index (χ3v) is 5.36. The van der Waals surface area contributed by atoms with Gasteiger partial charge in [0, 0.05) is 38.8 Å². The summed E-state index contributed by atoms with van der Waals surface area (Å²) in [6, 6.07) is 7.23. The van der Waals surface area contributed by atoms with Gasteiger partial charge in [-0.1, -0.05) is 12.1 Å². The first-order valence-electron chi connectivity index (χ1n) is 9.79. The SMILES string of the molecule is CNC(=O)CN1CCN(C(=O)c2ccc(Cn3nc(C)c([N+](=O)[O-])c3C)cc2)CC1. The lowest BCUT2D eigenvalue weighted by atomic mass is 10.1. The molecule has 160 valence electrons. The first-order chi connectivity index (χ1) is 14.3. The van der Waals surface area contributed by atoms with E-state index in [0.29, 0.717) is 56.2 Å². The first kappa shape index (κ1) is 21.4. The Morgan fingerprint density at radius 2 is 1.77 bits per heavy atom. The maximum atomic E-state index is 12.8. The van der Waals surface area contributed by atoms with Gasteiger partial charge in [-0.15, -0.1) is 0 Å². The molecule has 2 amide bonds. The number of amides is 2. The Bertz CT molecular complexity index is 945. The number of carbonyl (C=O) groups is 2. The predicted octanol–water partition coefficient (Wildman–Crippen LogP) is 0.960. The highest BCUT2D eigenvalue weighted by Gasteiger charge is 2.24. The quantitative estimate of drug-likeness (QED) is 0.556. The van der Waals surface area contributed by atoms with E-state index in [2.05, 4.69) is 10.4 Å². The van der Waals surface area contributed by atoms with Gasteiger partial charge >= 0.3 is 5.69 Å². The third kappa shape index (κ3) is 4.65. The standard InChI is InChI=1S/C20H26N6O4/c1-14-19(26(29)30)15(2)25(22-14)12-16-4-6-17(7-5-16)20(28)24-10-8-23(9-11-24)13-18(27)21-3/h4-7H,8-13H2,1-3H3,(H,21,27). The van der Waals surface area contributed by atoms with E-state index in [1.165, 1.54) is 0 Å². The maximum absolute atomic E-state index is 12.8. The zero-order chi connectivity index (χ0) is 21.8. The number of rotatable bonds is 6. The Hall–Kier alpha value is -3.27.